The fraction of sp³-hybridized carbons (Fsp3) is 0.214. The van der Waals surface area contributed by atoms with Crippen LogP contribution < -0.4 is 0 Å². The van der Waals surface area contributed by atoms with Crippen LogP contribution in [0.25, 0.3) is 0 Å². The summed E-state index contributed by atoms with van der Waals surface area (Å²) in [5, 5.41) is 10.7. The van der Waals surface area contributed by atoms with Crippen LogP contribution in [0.15, 0.2) is 36.5 Å². The van der Waals surface area contributed by atoms with Gasteiger partial charge in [-0.3, -0.25) is 10.1 Å². The first-order chi connectivity index (χ1) is 9.88. The number of nitrogens with zero attached hydrogens (tertiary/aromatic N) is 2. The van der Waals surface area contributed by atoms with Gasteiger partial charge >= 0.3 is 5.97 Å². The fourth-order valence-electron chi connectivity index (χ4n) is 1.87. The van der Waals surface area contributed by atoms with Gasteiger partial charge in [-0.25, -0.2) is 9.18 Å². The molecule has 0 saturated heterocycles. The molecule has 0 fully saturated rings. The van der Waals surface area contributed by atoms with Crippen molar-refractivity contribution < 1.29 is 18.8 Å². The molecule has 2 aromatic rings. The first kappa shape index (κ1) is 14.7. The van der Waals surface area contributed by atoms with Crippen molar-refractivity contribution in [3.05, 3.63) is 63.7 Å². The lowest BCUT2D eigenvalue weighted by Gasteiger charge is -2.13. The molecule has 0 amide bonds. The summed E-state index contributed by atoms with van der Waals surface area (Å²) in [6.07, 6.45) is 0.645. The molecule has 110 valence electrons. The maximum Gasteiger partial charge on any atom is 0.355 e. The smallest absolute Gasteiger partial charge is 0.355 e. The molecule has 0 aliphatic rings. The van der Waals surface area contributed by atoms with Gasteiger partial charge in [-0.2, -0.15) is 0 Å². The monoisotopic (exact) mass is 292 g/mol. The maximum absolute atomic E-state index is 12.8. The second-order valence-corrected chi connectivity index (χ2v) is 4.55. The van der Waals surface area contributed by atoms with E-state index in [4.69, 9.17) is 4.74 Å². The summed E-state index contributed by atoms with van der Waals surface area (Å²) in [6.45, 7) is 1.64. The van der Waals surface area contributed by atoms with Crippen molar-refractivity contribution >= 4 is 11.7 Å². The Labute approximate surface area is 119 Å². The van der Waals surface area contributed by atoms with Crippen LogP contribution in [0.1, 0.15) is 29.1 Å². The van der Waals surface area contributed by atoms with Crippen molar-refractivity contribution in [1.82, 2.24) is 4.57 Å². The van der Waals surface area contributed by atoms with E-state index in [1.807, 2.05) is 0 Å². The van der Waals surface area contributed by atoms with Crippen LogP contribution in [0.3, 0.4) is 0 Å². The van der Waals surface area contributed by atoms with Gasteiger partial charge in [0, 0.05) is 13.1 Å². The molecule has 0 aliphatic carbocycles. The summed E-state index contributed by atoms with van der Waals surface area (Å²) in [5.74, 6) is -1.06. The average Bonchev–Trinajstić information content (AvgIpc) is 2.81. The molecule has 1 unspecified atom stereocenters. The Kier molecular flexibility index (Phi) is 4.02. The predicted molar refractivity (Wildman–Crippen MR) is 72.3 cm³/mol. The minimum Gasteiger partial charge on any atom is -0.453 e. The van der Waals surface area contributed by atoms with Gasteiger partial charge in [-0.15, -0.1) is 0 Å². The minimum absolute atomic E-state index is 0.0793. The van der Waals surface area contributed by atoms with Crippen LogP contribution >= 0.6 is 0 Å². The third-order valence-corrected chi connectivity index (χ3v) is 3.03. The quantitative estimate of drug-likeness (QED) is 0.493. The summed E-state index contributed by atoms with van der Waals surface area (Å²) in [4.78, 5) is 22.1. The van der Waals surface area contributed by atoms with Crippen molar-refractivity contribution in [3.8, 4) is 0 Å². The Morgan fingerprint density at radius 1 is 1.38 bits per heavy atom. The third kappa shape index (κ3) is 3.25. The summed E-state index contributed by atoms with van der Waals surface area (Å²) in [6, 6.07) is 6.72. The highest BCUT2D eigenvalue weighted by molar-refractivity contribution is 5.88. The van der Waals surface area contributed by atoms with Gasteiger partial charge < -0.3 is 9.30 Å². The van der Waals surface area contributed by atoms with E-state index in [0.717, 1.165) is 6.07 Å². The van der Waals surface area contributed by atoms with Crippen LogP contribution in [0.5, 0.6) is 0 Å². The number of halogens is 1. The zero-order chi connectivity index (χ0) is 15.6. The molecule has 0 saturated carbocycles. The zero-order valence-electron chi connectivity index (χ0n) is 11.4. The van der Waals surface area contributed by atoms with Gasteiger partial charge in [-0.05, 0) is 24.6 Å². The third-order valence-electron chi connectivity index (χ3n) is 3.03. The number of carbonyl (C=O) groups is 1. The molecule has 6 nitrogen and oxygen atoms in total. The van der Waals surface area contributed by atoms with E-state index in [9.17, 15) is 19.3 Å². The number of esters is 1. The van der Waals surface area contributed by atoms with Crippen molar-refractivity contribution in [2.75, 3.05) is 0 Å². The summed E-state index contributed by atoms with van der Waals surface area (Å²) in [5.41, 5.74) is 0.531. The molecular weight excluding hydrogens is 279 g/mol. The molecule has 1 heterocycles. The van der Waals surface area contributed by atoms with Gasteiger partial charge in [0.05, 0.1) is 11.1 Å². The Morgan fingerprint density at radius 2 is 2.00 bits per heavy atom. The first-order valence-corrected chi connectivity index (χ1v) is 6.15. The zero-order valence-corrected chi connectivity index (χ0v) is 11.4. The lowest BCUT2D eigenvalue weighted by atomic mass is 10.1. The number of aromatic nitrogens is 1. The fourth-order valence-corrected chi connectivity index (χ4v) is 1.87. The van der Waals surface area contributed by atoms with Crippen molar-refractivity contribution in [3.63, 3.8) is 0 Å². The van der Waals surface area contributed by atoms with Crippen molar-refractivity contribution in [1.29, 1.82) is 0 Å². The Hall–Kier alpha value is -2.70. The Morgan fingerprint density at radius 3 is 2.52 bits per heavy atom. The summed E-state index contributed by atoms with van der Waals surface area (Å²) in [7, 11) is 1.52. The molecular formula is C14H13FN2O4. The molecule has 0 radical (unpaired) electrons. The van der Waals surface area contributed by atoms with Crippen molar-refractivity contribution in [2.45, 2.75) is 13.0 Å². The van der Waals surface area contributed by atoms with E-state index in [-0.39, 0.29) is 17.2 Å². The van der Waals surface area contributed by atoms with Gasteiger partial charge in [0.1, 0.15) is 17.6 Å². The standard InChI is InChI=1S/C14H13FN2O4/c1-9(10-3-5-11(15)6-4-10)21-14(18)13-7-12(17(19)20)8-16(13)2/h3-9H,1-2H3. The van der Waals surface area contributed by atoms with Crippen molar-refractivity contribution in [2.24, 2.45) is 7.05 Å². The first-order valence-electron chi connectivity index (χ1n) is 6.15. The SMILES string of the molecule is CC(OC(=O)c1cc([N+](=O)[O-])cn1C)c1ccc(F)cc1. The summed E-state index contributed by atoms with van der Waals surface area (Å²) < 4.78 is 19.4. The molecule has 1 aromatic heterocycles. The number of hydrogen-bond acceptors (Lipinski definition) is 4. The van der Waals surface area contributed by atoms with Crippen LogP contribution in [0, 0.1) is 15.9 Å². The highest BCUT2D eigenvalue weighted by atomic mass is 19.1. The highest BCUT2D eigenvalue weighted by Crippen LogP contribution is 2.21. The average molecular weight is 292 g/mol. The number of carbonyl (C=O) groups excluding carboxylic acids is 1. The molecule has 0 aliphatic heterocycles. The van der Waals surface area contributed by atoms with Gasteiger partial charge in [0.15, 0.2) is 0 Å². The lowest BCUT2D eigenvalue weighted by Crippen LogP contribution is -2.12. The normalized spacial score (nSPS) is 12.0. The highest BCUT2D eigenvalue weighted by Gasteiger charge is 2.21. The number of ether oxygens (including phenoxy) is 1. The number of rotatable bonds is 4. The topological polar surface area (TPSA) is 74.4 Å². The van der Waals surface area contributed by atoms with E-state index in [1.54, 1.807) is 6.92 Å². The van der Waals surface area contributed by atoms with Gasteiger partial charge in [0.2, 0.25) is 0 Å². The van der Waals surface area contributed by atoms with E-state index in [1.165, 1.54) is 42.1 Å². The largest absolute Gasteiger partial charge is 0.453 e. The Balaban J connectivity index is 2.14. The second kappa shape index (κ2) is 5.74. The van der Waals surface area contributed by atoms with E-state index in [2.05, 4.69) is 0 Å². The number of aryl methyl sites for hydroxylation is 1. The number of benzene rings is 1. The van der Waals surface area contributed by atoms with Crippen LogP contribution in [0.2, 0.25) is 0 Å². The van der Waals surface area contributed by atoms with E-state index in [0.29, 0.717) is 5.56 Å². The molecule has 2 rings (SSSR count). The van der Waals surface area contributed by atoms with E-state index < -0.39 is 17.0 Å². The molecule has 21 heavy (non-hydrogen) atoms. The number of nitro groups is 1. The molecule has 0 bridgehead atoms. The van der Waals surface area contributed by atoms with Gasteiger partial charge in [0.25, 0.3) is 5.69 Å². The Bertz CT molecular complexity index is 679. The lowest BCUT2D eigenvalue weighted by molar-refractivity contribution is -0.384. The summed E-state index contributed by atoms with van der Waals surface area (Å²) >= 11 is 0. The minimum atomic E-state index is -0.678. The molecule has 1 atom stereocenters. The molecule has 0 spiro atoms. The van der Waals surface area contributed by atoms with Crippen LogP contribution in [0.4, 0.5) is 10.1 Å². The molecule has 0 N–H and O–H groups in total. The van der Waals surface area contributed by atoms with Crippen LogP contribution in [-0.4, -0.2) is 15.5 Å². The number of hydrogen-bond donors (Lipinski definition) is 0. The predicted octanol–water partition coefficient (Wildman–Crippen LogP) is 2.99. The second-order valence-electron chi connectivity index (χ2n) is 4.55. The molecule has 7 heteroatoms. The van der Waals surface area contributed by atoms with Gasteiger partial charge in [-0.1, -0.05) is 12.1 Å². The maximum atomic E-state index is 12.8. The molecule has 1 aromatic carbocycles. The van der Waals surface area contributed by atoms with E-state index >= 15 is 0 Å². The van der Waals surface area contributed by atoms with Crippen LogP contribution in [-0.2, 0) is 11.8 Å².